The van der Waals surface area contributed by atoms with E-state index in [4.69, 9.17) is 5.11 Å². The Bertz CT molecular complexity index is 649. The summed E-state index contributed by atoms with van der Waals surface area (Å²) in [6.45, 7) is 1.54. The van der Waals surface area contributed by atoms with Crippen LogP contribution in [0.3, 0.4) is 0 Å². The van der Waals surface area contributed by atoms with Crippen LogP contribution in [0.1, 0.15) is 16.7 Å². The maximum absolute atomic E-state index is 8.98. The molecule has 2 heterocycles. The standard InChI is InChI=1S/C17H19N3O/c1-20(10-11-21)16-7-6-14(12-19-16)17-15-5-3-2-4-13(15)8-9-18-17/h2-7,12,21H,8-11H2,1H3. The van der Waals surface area contributed by atoms with Gasteiger partial charge in [0, 0.05) is 37.5 Å². The first-order valence-electron chi connectivity index (χ1n) is 7.21. The Morgan fingerprint density at radius 3 is 2.81 bits per heavy atom. The van der Waals surface area contributed by atoms with Crippen molar-refractivity contribution in [1.29, 1.82) is 0 Å². The molecule has 0 unspecified atom stereocenters. The summed E-state index contributed by atoms with van der Waals surface area (Å²) in [4.78, 5) is 11.1. The molecule has 0 atom stereocenters. The zero-order valence-corrected chi connectivity index (χ0v) is 12.2. The zero-order chi connectivity index (χ0) is 14.7. The molecule has 2 aromatic rings. The summed E-state index contributed by atoms with van der Waals surface area (Å²) in [6.07, 6.45) is 2.87. The normalized spacial score (nSPS) is 13.5. The fourth-order valence-electron chi connectivity index (χ4n) is 2.61. The summed E-state index contributed by atoms with van der Waals surface area (Å²) in [5, 5.41) is 8.98. The Morgan fingerprint density at radius 1 is 1.19 bits per heavy atom. The molecule has 1 aliphatic rings. The number of fused-ring (bicyclic) bond motifs is 1. The number of pyridine rings is 1. The largest absolute Gasteiger partial charge is 0.395 e. The van der Waals surface area contributed by atoms with Crippen molar-refractivity contribution in [1.82, 2.24) is 4.98 Å². The highest BCUT2D eigenvalue weighted by Crippen LogP contribution is 2.21. The summed E-state index contributed by atoms with van der Waals surface area (Å²) in [5.41, 5.74) is 4.63. The van der Waals surface area contributed by atoms with Crippen LogP contribution in [0.4, 0.5) is 5.82 Å². The molecule has 4 nitrogen and oxygen atoms in total. The second kappa shape index (κ2) is 6.06. The number of aliphatic imine (C=N–C) groups is 1. The van der Waals surface area contributed by atoms with Crippen molar-refractivity contribution in [2.75, 3.05) is 31.6 Å². The smallest absolute Gasteiger partial charge is 0.128 e. The molecule has 0 radical (unpaired) electrons. The molecule has 0 saturated heterocycles. The molecule has 0 bridgehead atoms. The van der Waals surface area contributed by atoms with Gasteiger partial charge in [-0.2, -0.15) is 0 Å². The molecule has 4 heteroatoms. The monoisotopic (exact) mass is 281 g/mol. The average Bonchev–Trinajstić information content (AvgIpc) is 2.55. The highest BCUT2D eigenvalue weighted by atomic mass is 16.3. The lowest BCUT2D eigenvalue weighted by Gasteiger charge is -2.19. The first kappa shape index (κ1) is 13.8. The molecule has 0 fully saturated rings. The molecule has 1 aliphatic heterocycles. The van der Waals surface area contributed by atoms with Crippen molar-refractivity contribution in [2.24, 2.45) is 4.99 Å². The quantitative estimate of drug-likeness (QED) is 0.931. The van der Waals surface area contributed by atoms with E-state index in [2.05, 4.69) is 40.3 Å². The van der Waals surface area contributed by atoms with Crippen molar-refractivity contribution < 1.29 is 5.11 Å². The molecule has 1 N–H and O–H groups in total. The number of aliphatic hydroxyl groups is 1. The SMILES string of the molecule is CN(CCO)c1ccc(C2=NCCc3ccccc32)cn1. The first-order valence-corrected chi connectivity index (χ1v) is 7.21. The van der Waals surface area contributed by atoms with E-state index < -0.39 is 0 Å². The van der Waals surface area contributed by atoms with E-state index in [0.717, 1.165) is 30.1 Å². The fraction of sp³-hybridized carbons (Fsp3) is 0.294. The second-order valence-corrected chi connectivity index (χ2v) is 5.19. The van der Waals surface area contributed by atoms with E-state index in [1.807, 2.05) is 24.2 Å². The lowest BCUT2D eigenvalue weighted by atomic mass is 9.94. The number of hydrogen-bond acceptors (Lipinski definition) is 4. The zero-order valence-electron chi connectivity index (χ0n) is 12.2. The topological polar surface area (TPSA) is 48.7 Å². The van der Waals surface area contributed by atoms with Crippen molar-refractivity contribution in [3.63, 3.8) is 0 Å². The van der Waals surface area contributed by atoms with Gasteiger partial charge in [-0.3, -0.25) is 4.99 Å². The summed E-state index contributed by atoms with van der Waals surface area (Å²) in [5.74, 6) is 0.859. The predicted molar refractivity (Wildman–Crippen MR) is 85.2 cm³/mol. The number of likely N-dealkylation sites (N-methyl/N-ethyl adjacent to an activating group) is 1. The number of rotatable bonds is 4. The number of aromatic nitrogens is 1. The maximum atomic E-state index is 8.98. The number of benzene rings is 1. The van der Waals surface area contributed by atoms with E-state index in [9.17, 15) is 0 Å². The van der Waals surface area contributed by atoms with Gasteiger partial charge in [-0.1, -0.05) is 24.3 Å². The van der Waals surface area contributed by atoms with Crippen molar-refractivity contribution >= 4 is 11.5 Å². The molecule has 1 aromatic heterocycles. The van der Waals surface area contributed by atoms with Gasteiger partial charge in [-0.15, -0.1) is 0 Å². The van der Waals surface area contributed by atoms with E-state index in [-0.39, 0.29) is 6.61 Å². The van der Waals surface area contributed by atoms with Crippen LogP contribution in [0.25, 0.3) is 0 Å². The van der Waals surface area contributed by atoms with Crippen LogP contribution in [0.15, 0.2) is 47.6 Å². The molecule has 1 aromatic carbocycles. The van der Waals surface area contributed by atoms with Crippen LogP contribution in [0.5, 0.6) is 0 Å². The molecule has 108 valence electrons. The molecule has 3 rings (SSSR count). The summed E-state index contributed by atoms with van der Waals surface area (Å²) < 4.78 is 0. The van der Waals surface area contributed by atoms with Gasteiger partial charge >= 0.3 is 0 Å². The van der Waals surface area contributed by atoms with E-state index in [0.29, 0.717) is 6.54 Å². The number of anilines is 1. The first-order chi connectivity index (χ1) is 10.3. The Hall–Kier alpha value is -2.20. The number of nitrogens with zero attached hydrogens (tertiary/aromatic N) is 3. The van der Waals surface area contributed by atoms with Gasteiger partial charge in [0.2, 0.25) is 0 Å². The summed E-state index contributed by atoms with van der Waals surface area (Å²) >= 11 is 0. The minimum atomic E-state index is 0.125. The number of hydrogen-bond donors (Lipinski definition) is 1. The molecular formula is C17H19N3O. The molecule has 0 spiro atoms. The molecule has 21 heavy (non-hydrogen) atoms. The fourth-order valence-corrected chi connectivity index (χ4v) is 2.61. The third-order valence-corrected chi connectivity index (χ3v) is 3.77. The molecule has 0 aliphatic carbocycles. The summed E-state index contributed by atoms with van der Waals surface area (Å²) in [7, 11) is 1.92. The van der Waals surface area contributed by atoms with Gasteiger partial charge in [-0.25, -0.2) is 4.98 Å². The van der Waals surface area contributed by atoms with Gasteiger partial charge < -0.3 is 10.0 Å². The highest BCUT2D eigenvalue weighted by Gasteiger charge is 2.15. The van der Waals surface area contributed by atoms with Crippen LogP contribution in [-0.2, 0) is 6.42 Å². The minimum absolute atomic E-state index is 0.125. The van der Waals surface area contributed by atoms with Gasteiger partial charge in [0.25, 0.3) is 0 Å². The van der Waals surface area contributed by atoms with E-state index in [1.54, 1.807) is 0 Å². The van der Waals surface area contributed by atoms with Gasteiger partial charge in [0.05, 0.1) is 12.3 Å². The maximum Gasteiger partial charge on any atom is 0.128 e. The third kappa shape index (κ3) is 2.81. The van der Waals surface area contributed by atoms with Crippen LogP contribution in [0.2, 0.25) is 0 Å². The van der Waals surface area contributed by atoms with Gasteiger partial charge in [-0.05, 0) is 24.1 Å². The van der Waals surface area contributed by atoms with Gasteiger partial charge in [0.1, 0.15) is 5.82 Å². The molecule has 0 amide bonds. The Labute approximate surface area is 124 Å². The Kier molecular flexibility index (Phi) is 3.97. The molecular weight excluding hydrogens is 262 g/mol. The predicted octanol–water partition coefficient (Wildman–Crippen LogP) is 1.90. The highest BCUT2D eigenvalue weighted by molar-refractivity contribution is 6.14. The summed E-state index contributed by atoms with van der Waals surface area (Å²) in [6, 6.07) is 12.4. The molecule has 0 saturated carbocycles. The van der Waals surface area contributed by atoms with Crippen molar-refractivity contribution in [2.45, 2.75) is 6.42 Å². The average molecular weight is 281 g/mol. The Balaban J connectivity index is 1.89. The lowest BCUT2D eigenvalue weighted by Crippen LogP contribution is -2.22. The second-order valence-electron chi connectivity index (χ2n) is 5.19. The van der Waals surface area contributed by atoms with Gasteiger partial charge in [0.15, 0.2) is 0 Å². The van der Waals surface area contributed by atoms with Crippen LogP contribution in [-0.4, -0.2) is 42.5 Å². The minimum Gasteiger partial charge on any atom is -0.395 e. The number of aliphatic hydroxyl groups excluding tert-OH is 1. The Morgan fingerprint density at radius 2 is 2.05 bits per heavy atom. The van der Waals surface area contributed by atoms with E-state index >= 15 is 0 Å². The van der Waals surface area contributed by atoms with Crippen LogP contribution < -0.4 is 4.90 Å². The lowest BCUT2D eigenvalue weighted by molar-refractivity contribution is 0.304. The van der Waals surface area contributed by atoms with Crippen molar-refractivity contribution in [3.05, 3.63) is 59.3 Å². The van der Waals surface area contributed by atoms with Crippen LogP contribution in [0, 0.1) is 0 Å². The van der Waals surface area contributed by atoms with Crippen molar-refractivity contribution in [3.8, 4) is 0 Å². The van der Waals surface area contributed by atoms with E-state index in [1.165, 1.54) is 11.1 Å². The van der Waals surface area contributed by atoms with Crippen LogP contribution >= 0.6 is 0 Å². The third-order valence-electron chi connectivity index (χ3n) is 3.77.